The molecular formula is C4H8CaN2. The van der Waals surface area contributed by atoms with Gasteiger partial charge in [-0.25, -0.2) is 0 Å². The van der Waals surface area contributed by atoms with Crippen LogP contribution in [0.2, 0.25) is 0 Å². The molecule has 0 unspecified atom stereocenters. The van der Waals surface area contributed by atoms with Crippen LogP contribution in [0.1, 0.15) is 2.85 Å². The number of allylic oxidation sites excluding steroid dienone is 1. The third-order valence-corrected chi connectivity index (χ3v) is 0.588. The zero-order chi connectivity index (χ0) is 4.24. The maximum absolute atomic E-state index is 3.85. The van der Waals surface area contributed by atoms with Crippen molar-refractivity contribution in [3.05, 3.63) is 12.3 Å². The van der Waals surface area contributed by atoms with E-state index in [0.29, 0.717) is 0 Å². The second-order valence-corrected chi connectivity index (χ2v) is 1.05. The Balaban J connectivity index is -0.000000120. The molecule has 0 aromatic rings. The molecule has 1 N–H and O–H groups in total. The van der Waals surface area contributed by atoms with Crippen molar-refractivity contribution < 1.29 is 2.85 Å². The van der Waals surface area contributed by atoms with Gasteiger partial charge in [-0.05, 0) is 12.3 Å². The molecule has 0 bridgehead atoms. The van der Waals surface area contributed by atoms with E-state index in [1.165, 1.54) is 0 Å². The van der Waals surface area contributed by atoms with E-state index in [0.717, 1.165) is 6.67 Å². The minimum atomic E-state index is 0. The summed E-state index contributed by atoms with van der Waals surface area (Å²) in [5.74, 6) is 0. The maximum atomic E-state index is 3.85. The average molecular weight is 124 g/mol. The number of nitrogens with one attached hydrogen (secondary N) is 1. The molecule has 0 aromatic carbocycles. The molecular weight excluding hydrogens is 116 g/mol. The normalized spacial score (nSPS) is 14.9. The van der Waals surface area contributed by atoms with E-state index in [4.69, 9.17) is 0 Å². The van der Waals surface area contributed by atoms with Crippen molar-refractivity contribution in [3.8, 4) is 0 Å². The van der Waals surface area contributed by atoms with Gasteiger partial charge < -0.3 is 8.17 Å². The van der Waals surface area contributed by atoms with E-state index in [2.05, 4.69) is 10.3 Å². The number of hydrogen-bond acceptors (Lipinski definition) is 2. The van der Waals surface area contributed by atoms with Crippen LogP contribution >= 0.6 is 0 Å². The van der Waals surface area contributed by atoms with Gasteiger partial charge in [-0.2, -0.15) is 0 Å². The first kappa shape index (κ1) is 7.47. The summed E-state index contributed by atoms with van der Waals surface area (Å²) < 4.78 is 0. The fourth-order valence-electron chi connectivity index (χ4n) is 0.330. The van der Waals surface area contributed by atoms with Crippen molar-refractivity contribution in [1.29, 1.82) is 0 Å². The summed E-state index contributed by atoms with van der Waals surface area (Å²) in [7, 11) is 0. The van der Waals surface area contributed by atoms with E-state index in [-0.39, 0.29) is 40.6 Å². The first-order chi connectivity index (χ1) is 3.00. The van der Waals surface area contributed by atoms with Crippen LogP contribution in [-0.4, -0.2) is 50.6 Å². The van der Waals surface area contributed by atoms with Gasteiger partial charge in [0.1, 0.15) is 6.67 Å². The molecule has 36 valence electrons. The Labute approximate surface area is 75.7 Å². The van der Waals surface area contributed by atoms with E-state index < -0.39 is 0 Å². The van der Waals surface area contributed by atoms with E-state index in [1.807, 2.05) is 12.3 Å². The number of aliphatic imine (C=N–C) groups is 1. The third kappa shape index (κ3) is 3.09. The van der Waals surface area contributed by atoms with Crippen LogP contribution in [-0.2, 0) is 0 Å². The van der Waals surface area contributed by atoms with Crippen LogP contribution in [0.3, 0.4) is 0 Å². The van der Waals surface area contributed by atoms with Crippen LogP contribution in [0.4, 0.5) is 0 Å². The molecule has 7 heavy (non-hydrogen) atoms. The van der Waals surface area contributed by atoms with Gasteiger partial charge in [0.05, 0.1) is 0 Å². The summed E-state index contributed by atoms with van der Waals surface area (Å²) >= 11 is 0. The zero-order valence-corrected chi connectivity index (χ0v) is 6.30. The van der Waals surface area contributed by atoms with Crippen LogP contribution in [0.5, 0.6) is 0 Å². The Kier molecular flexibility index (Phi) is 4.93. The molecule has 0 atom stereocenters. The predicted molar refractivity (Wildman–Crippen MR) is 33.6 cm³/mol. The quantitative estimate of drug-likeness (QED) is 0.451. The van der Waals surface area contributed by atoms with Gasteiger partial charge in [-0.15, -0.1) is 0 Å². The number of nitrogens with zero attached hydrogens (tertiary/aromatic N) is 1. The predicted octanol–water partition coefficient (Wildman–Crippen LogP) is -0.0242. The van der Waals surface area contributed by atoms with Crippen molar-refractivity contribution in [2.24, 2.45) is 4.99 Å². The second kappa shape index (κ2) is 4.62. The summed E-state index contributed by atoms with van der Waals surface area (Å²) in [5.41, 5.74) is 0. The standard InChI is InChI=1S/C4H6N2.Ca.2H/c1-2-5-4-6-3-1;;;/h1-3,5H,4H2;;;/q;+2;2*-1. The van der Waals surface area contributed by atoms with Crippen molar-refractivity contribution in [3.63, 3.8) is 0 Å². The molecule has 0 radical (unpaired) electrons. The molecule has 0 amide bonds. The second-order valence-electron chi connectivity index (χ2n) is 1.05. The third-order valence-electron chi connectivity index (χ3n) is 0.588. The molecule has 0 spiro atoms. The van der Waals surface area contributed by atoms with Crippen LogP contribution < -0.4 is 5.32 Å². The average Bonchev–Trinajstić information content (AvgIpc) is 1.72. The molecule has 1 rings (SSSR count). The van der Waals surface area contributed by atoms with Gasteiger partial charge in [-0.1, -0.05) is 0 Å². The van der Waals surface area contributed by atoms with Crippen LogP contribution in [0, 0.1) is 0 Å². The van der Waals surface area contributed by atoms with Gasteiger partial charge in [0, 0.05) is 6.21 Å². The first-order valence-corrected chi connectivity index (χ1v) is 1.88. The smallest absolute Gasteiger partial charge is 1.00 e. The summed E-state index contributed by atoms with van der Waals surface area (Å²) in [6.07, 6.45) is 5.51. The molecule has 0 saturated carbocycles. The molecule has 1 aliphatic heterocycles. The van der Waals surface area contributed by atoms with Crippen molar-refractivity contribution >= 4 is 44.0 Å². The van der Waals surface area contributed by atoms with E-state index in [1.54, 1.807) is 6.21 Å². The Hall–Kier alpha value is 0.470. The molecule has 1 aliphatic rings. The molecule has 0 saturated heterocycles. The Morgan fingerprint density at radius 2 is 2.57 bits per heavy atom. The fourth-order valence-corrected chi connectivity index (χ4v) is 0.330. The van der Waals surface area contributed by atoms with Crippen LogP contribution in [0.25, 0.3) is 0 Å². The van der Waals surface area contributed by atoms with Gasteiger partial charge in [-0.3, -0.25) is 4.99 Å². The van der Waals surface area contributed by atoms with Crippen molar-refractivity contribution in [1.82, 2.24) is 5.32 Å². The minimum absolute atomic E-state index is 0. The zero-order valence-electron chi connectivity index (χ0n) is 6.09. The van der Waals surface area contributed by atoms with E-state index >= 15 is 0 Å². The summed E-state index contributed by atoms with van der Waals surface area (Å²) in [6.45, 7) is 0.733. The topological polar surface area (TPSA) is 24.4 Å². The SMILES string of the molecule is C1=CNCN=C1.[Ca+2].[H-].[H-]. The van der Waals surface area contributed by atoms with Crippen LogP contribution in [0.15, 0.2) is 17.3 Å². The van der Waals surface area contributed by atoms with Gasteiger partial charge >= 0.3 is 37.7 Å². The van der Waals surface area contributed by atoms with Gasteiger partial charge in [0.2, 0.25) is 0 Å². The van der Waals surface area contributed by atoms with Gasteiger partial charge in [0.15, 0.2) is 0 Å². The molecule has 1 heterocycles. The Morgan fingerprint density at radius 1 is 1.71 bits per heavy atom. The minimum Gasteiger partial charge on any atom is -1.00 e. The molecule has 0 aromatic heterocycles. The fraction of sp³-hybridized carbons (Fsp3) is 0.250. The van der Waals surface area contributed by atoms with Crippen molar-refractivity contribution in [2.45, 2.75) is 0 Å². The van der Waals surface area contributed by atoms with E-state index in [9.17, 15) is 0 Å². The maximum Gasteiger partial charge on any atom is 2.00 e. The van der Waals surface area contributed by atoms with Crippen molar-refractivity contribution in [2.75, 3.05) is 6.67 Å². The summed E-state index contributed by atoms with van der Waals surface area (Å²) in [6, 6.07) is 0. The molecule has 2 nitrogen and oxygen atoms in total. The number of rotatable bonds is 0. The largest absolute Gasteiger partial charge is 2.00 e. The number of hydrogen-bond donors (Lipinski definition) is 1. The molecule has 0 aliphatic carbocycles. The van der Waals surface area contributed by atoms with Gasteiger partial charge in [0.25, 0.3) is 0 Å². The summed E-state index contributed by atoms with van der Waals surface area (Å²) in [4.78, 5) is 3.85. The molecule has 0 fully saturated rings. The Morgan fingerprint density at radius 3 is 2.71 bits per heavy atom. The summed E-state index contributed by atoms with van der Waals surface area (Å²) in [5, 5.41) is 2.91. The Bertz CT molecular complexity index is 82.6. The monoisotopic (exact) mass is 124 g/mol. The molecule has 3 heteroatoms. The first-order valence-electron chi connectivity index (χ1n) is 1.88.